The third kappa shape index (κ3) is 1.73. The van der Waals surface area contributed by atoms with Gasteiger partial charge in [-0.05, 0) is 19.1 Å². The molecule has 66 valence electrons. The van der Waals surface area contributed by atoms with E-state index in [4.69, 9.17) is 17.3 Å². The van der Waals surface area contributed by atoms with E-state index in [1.165, 1.54) is 6.07 Å². The Morgan fingerprint density at radius 1 is 1.42 bits per heavy atom. The van der Waals surface area contributed by atoms with Crippen LogP contribution in [-0.2, 0) is 0 Å². The quantitative estimate of drug-likeness (QED) is 0.679. The highest BCUT2D eigenvalue weighted by Gasteiger charge is 2.12. The molecule has 0 bridgehead atoms. The van der Waals surface area contributed by atoms with Crippen molar-refractivity contribution in [1.82, 2.24) is 0 Å². The highest BCUT2D eigenvalue weighted by molar-refractivity contribution is 6.30. The molecule has 0 amide bonds. The Bertz CT molecular complexity index is 299. The number of hydrogen-bond acceptors (Lipinski definition) is 1. The zero-order valence-electron chi connectivity index (χ0n) is 6.44. The van der Waals surface area contributed by atoms with Crippen LogP contribution in [0, 0.1) is 11.6 Å². The first kappa shape index (κ1) is 9.42. The molecule has 0 heterocycles. The monoisotopic (exact) mass is 191 g/mol. The van der Waals surface area contributed by atoms with Crippen molar-refractivity contribution in [3.63, 3.8) is 0 Å². The van der Waals surface area contributed by atoms with Gasteiger partial charge in [0.1, 0.15) is 0 Å². The molecule has 0 fully saturated rings. The second-order valence-electron chi connectivity index (χ2n) is 2.58. The van der Waals surface area contributed by atoms with Crippen LogP contribution in [0.1, 0.15) is 18.5 Å². The van der Waals surface area contributed by atoms with Crippen LogP contribution in [0.25, 0.3) is 0 Å². The minimum atomic E-state index is -0.963. The fraction of sp³-hybridized carbons (Fsp3) is 0.250. The van der Waals surface area contributed by atoms with E-state index in [2.05, 4.69) is 0 Å². The van der Waals surface area contributed by atoms with Crippen molar-refractivity contribution in [2.45, 2.75) is 13.0 Å². The van der Waals surface area contributed by atoms with Gasteiger partial charge in [-0.2, -0.15) is 0 Å². The van der Waals surface area contributed by atoms with Crippen molar-refractivity contribution in [2.24, 2.45) is 5.73 Å². The fourth-order valence-electron chi connectivity index (χ4n) is 0.907. The molecule has 0 saturated heterocycles. The van der Waals surface area contributed by atoms with Gasteiger partial charge >= 0.3 is 0 Å². The molecule has 4 heteroatoms. The largest absolute Gasteiger partial charge is 0.324 e. The zero-order valence-corrected chi connectivity index (χ0v) is 7.20. The molecule has 0 saturated carbocycles. The summed E-state index contributed by atoms with van der Waals surface area (Å²) < 4.78 is 25.6. The van der Waals surface area contributed by atoms with Crippen molar-refractivity contribution in [3.05, 3.63) is 34.4 Å². The van der Waals surface area contributed by atoms with Crippen LogP contribution < -0.4 is 5.73 Å². The standard InChI is InChI=1S/C8H8ClF2N/c1-4(12)6-2-5(9)3-7(10)8(6)11/h2-4H,12H2,1H3. The van der Waals surface area contributed by atoms with Crippen molar-refractivity contribution >= 4 is 11.6 Å². The van der Waals surface area contributed by atoms with Crippen LogP contribution in [-0.4, -0.2) is 0 Å². The summed E-state index contributed by atoms with van der Waals surface area (Å²) in [7, 11) is 0. The van der Waals surface area contributed by atoms with E-state index < -0.39 is 17.7 Å². The van der Waals surface area contributed by atoms with Crippen molar-refractivity contribution in [1.29, 1.82) is 0 Å². The van der Waals surface area contributed by atoms with E-state index in [0.717, 1.165) is 6.07 Å². The number of benzene rings is 1. The van der Waals surface area contributed by atoms with Crippen LogP contribution in [0.2, 0.25) is 5.02 Å². The summed E-state index contributed by atoms with van der Waals surface area (Å²) in [6.07, 6.45) is 0. The number of rotatable bonds is 1. The molecule has 1 nitrogen and oxygen atoms in total. The maximum atomic E-state index is 12.9. The predicted octanol–water partition coefficient (Wildman–Crippen LogP) is 2.64. The summed E-state index contributed by atoms with van der Waals surface area (Å²) >= 11 is 5.50. The molecule has 0 radical (unpaired) electrons. The van der Waals surface area contributed by atoms with E-state index in [0.29, 0.717) is 0 Å². The molecular formula is C8H8ClF2N. The highest BCUT2D eigenvalue weighted by atomic mass is 35.5. The van der Waals surface area contributed by atoms with Crippen LogP contribution in [0.15, 0.2) is 12.1 Å². The second-order valence-corrected chi connectivity index (χ2v) is 3.02. The summed E-state index contributed by atoms with van der Waals surface area (Å²) in [6, 6.07) is 1.69. The Labute approximate surface area is 74.1 Å². The van der Waals surface area contributed by atoms with E-state index >= 15 is 0 Å². The molecule has 1 unspecified atom stereocenters. The molecule has 1 aromatic carbocycles. The van der Waals surface area contributed by atoms with Gasteiger partial charge in [0, 0.05) is 16.6 Å². The lowest BCUT2D eigenvalue weighted by atomic mass is 10.1. The van der Waals surface area contributed by atoms with E-state index in [-0.39, 0.29) is 10.6 Å². The summed E-state index contributed by atoms with van der Waals surface area (Å²) in [6.45, 7) is 1.56. The van der Waals surface area contributed by atoms with Crippen molar-refractivity contribution in [2.75, 3.05) is 0 Å². The molecule has 1 rings (SSSR count). The van der Waals surface area contributed by atoms with Gasteiger partial charge in [0.2, 0.25) is 0 Å². The summed E-state index contributed by atoms with van der Waals surface area (Å²) in [4.78, 5) is 0. The molecule has 0 spiro atoms. The molecule has 2 N–H and O–H groups in total. The predicted molar refractivity (Wildman–Crippen MR) is 44.0 cm³/mol. The lowest BCUT2D eigenvalue weighted by Crippen LogP contribution is -2.08. The SMILES string of the molecule is CC(N)c1cc(Cl)cc(F)c1F. The van der Waals surface area contributed by atoms with Gasteiger partial charge in [-0.1, -0.05) is 11.6 Å². The van der Waals surface area contributed by atoms with Crippen molar-refractivity contribution in [3.8, 4) is 0 Å². The smallest absolute Gasteiger partial charge is 0.163 e. The summed E-state index contributed by atoms with van der Waals surface area (Å²) in [5.41, 5.74) is 5.48. The molecule has 1 aromatic rings. The Morgan fingerprint density at radius 3 is 2.50 bits per heavy atom. The number of halogens is 3. The number of hydrogen-bond donors (Lipinski definition) is 1. The first-order chi connectivity index (χ1) is 5.52. The summed E-state index contributed by atoms with van der Waals surface area (Å²) in [5, 5.41) is 0.154. The minimum Gasteiger partial charge on any atom is -0.324 e. The average Bonchev–Trinajstić information content (AvgIpc) is 1.96. The Balaban J connectivity index is 3.28. The molecular weight excluding hydrogens is 184 g/mol. The maximum absolute atomic E-state index is 12.9. The Morgan fingerprint density at radius 2 is 2.00 bits per heavy atom. The molecule has 0 aliphatic heterocycles. The Hall–Kier alpha value is -0.670. The summed E-state index contributed by atoms with van der Waals surface area (Å²) in [5.74, 6) is -1.88. The van der Waals surface area contributed by atoms with Gasteiger partial charge < -0.3 is 5.73 Å². The van der Waals surface area contributed by atoms with Gasteiger partial charge in [0.05, 0.1) is 0 Å². The molecule has 0 aromatic heterocycles. The van der Waals surface area contributed by atoms with Crippen LogP contribution in [0.4, 0.5) is 8.78 Å². The molecule has 0 aliphatic carbocycles. The first-order valence-corrected chi connectivity index (χ1v) is 3.80. The van der Waals surface area contributed by atoms with E-state index in [9.17, 15) is 8.78 Å². The van der Waals surface area contributed by atoms with Gasteiger partial charge in [0.15, 0.2) is 11.6 Å². The maximum Gasteiger partial charge on any atom is 0.163 e. The topological polar surface area (TPSA) is 26.0 Å². The third-order valence-corrected chi connectivity index (χ3v) is 1.73. The third-order valence-electron chi connectivity index (χ3n) is 1.51. The van der Waals surface area contributed by atoms with Gasteiger partial charge in [-0.25, -0.2) is 8.78 Å². The normalized spacial score (nSPS) is 13.1. The lowest BCUT2D eigenvalue weighted by Gasteiger charge is -2.07. The van der Waals surface area contributed by atoms with E-state index in [1.54, 1.807) is 6.92 Å². The molecule has 1 atom stereocenters. The van der Waals surface area contributed by atoms with Gasteiger partial charge in [0.25, 0.3) is 0 Å². The van der Waals surface area contributed by atoms with Crippen LogP contribution >= 0.6 is 11.6 Å². The van der Waals surface area contributed by atoms with Gasteiger partial charge in [-0.15, -0.1) is 0 Å². The van der Waals surface area contributed by atoms with E-state index in [1.807, 2.05) is 0 Å². The fourth-order valence-corrected chi connectivity index (χ4v) is 1.12. The zero-order chi connectivity index (χ0) is 9.30. The molecule has 0 aliphatic rings. The lowest BCUT2D eigenvalue weighted by molar-refractivity contribution is 0.492. The van der Waals surface area contributed by atoms with Crippen molar-refractivity contribution < 1.29 is 8.78 Å². The van der Waals surface area contributed by atoms with Crippen LogP contribution in [0.5, 0.6) is 0 Å². The average molecular weight is 192 g/mol. The first-order valence-electron chi connectivity index (χ1n) is 3.42. The Kier molecular flexibility index (Phi) is 2.65. The minimum absolute atomic E-state index is 0.0972. The van der Waals surface area contributed by atoms with Crippen LogP contribution in [0.3, 0.4) is 0 Å². The second kappa shape index (κ2) is 3.37. The highest BCUT2D eigenvalue weighted by Crippen LogP contribution is 2.22. The molecule has 12 heavy (non-hydrogen) atoms. The van der Waals surface area contributed by atoms with Gasteiger partial charge in [-0.3, -0.25) is 0 Å². The number of nitrogens with two attached hydrogens (primary N) is 1.